The summed E-state index contributed by atoms with van der Waals surface area (Å²) in [6, 6.07) is 0. The predicted molar refractivity (Wildman–Crippen MR) is 70.6 cm³/mol. The molecule has 100 valence electrons. The minimum absolute atomic E-state index is 0.325. The zero-order valence-corrected chi connectivity index (χ0v) is 10.8. The number of piperazine rings is 1. The Morgan fingerprint density at radius 2 is 2.11 bits per heavy atom. The van der Waals surface area contributed by atoms with Crippen molar-refractivity contribution in [2.45, 2.75) is 6.92 Å². The largest absolute Gasteiger partial charge is 0.456 e. The molecule has 0 atom stereocenters. The molecule has 2 heterocycles. The standard InChI is InChI=1S/C13H16N4O2/c1-2-19-12(18)4-3-11-9-15-13(16-10-11)17-7-5-14-6-8-17/h9-10,14H,2,5-8H2,1H3. The smallest absolute Gasteiger partial charge is 0.384 e. The van der Waals surface area contributed by atoms with Gasteiger partial charge in [0.25, 0.3) is 0 Å². The summed E-state index contributed by atoms with van der Waals surface area (Å²) in [5, 5.41) is 3.27. The molecule has 0 aliphatic carbocycles. The molecule has 0 spiro atoms. The van der Waals surface area contributed by atoms with E-state index in [-0.39, 0.29) is 0 Å². The Hall–Kier alpha value is -2.13. The summed E-state index contributed by atoms with van der Waals surface area (Å²) in [6.45, 7) is 5.74. The van der Waals surface area contributed by atoms with Gasteiger partial charge < -0.3 is 15.0 Å². The lowest BCUT2D eigenvalue weighted by molar-refractivity contribution is -0.136. The fourth-order valence-electron chi connectivity index (χ4n) is 1.70. The van der Waals surface area contributed by atoms with E-state index in [1.807, 2.05) is 0 Å². The molecule has 1 saturated heterocycles. The van der Waals surface area contributed by atoms with Crippen LogP contribution in [0.25, 0.3) is 0 Å². The van der Waals surface area contributed by atoms with E-state index in [1.165, 1.54) is 0 Å². The number of hydrogen-bond donors (Lipinski definition) is 1. The first-order chi connectivity index (χ1) is 9.29. The van der Waals surface area contributed by atoms with Crippen LogP contribution in [0.2, 0.25) is 0 Å². The van der Waals surface area contributed by atoms with Gasteiger partial charge in [-0.3, -0.25) is 0 Å². The van der Waals surface area contributed by atoms with Crippen LogP contribution in [0.1, 0.15) is 12.5 Å². The molecule has 0 bridgehead atoms. The Morgan fingerprint density at radius 1 is 1.42 bits per heavy atom. The van der Waals surface area contributed by atoms with Gasteiger partial charge in [-0.25, -0.2) is 14.8 Å². The van der Waals surface area contributed by atoms with Gasteiger partial charge in [0.2, 0.25) is 5.95 Å². The van der Waals surface area contributed by atoms with Crippen molar-refractivity contribution >= 4 is 11.9 Å². The molecule has 1 aliphatic rings. The second-order valence-corrected chi connectivity index (χ2v) is 3.98. The quantitative estimate of drug-likeness (QED) is 0.587. The molecule has 6 heteroatoms. The Balaban J connectivity index is 1.99. The van der Waals surface area contributed by atoms with Crippen molar-refractivity contribution in [1.29, 1.82) is 0 Å². The number of carbonyl (C=O) groups excluding carboxylic acids is 1. The summed E-state index contributed by atoms with van der Waals surface area (Å²) in [5.74, 6) is 5.23. The highest BCUT2D eigenvalue weighted by Crippen LogP contribution is 2.07. The lowest BCUT2D eigenvalue weighted by Gasteiger charge is -2.27. The molecule has 1 aromatic rings. The predicted octanol–water partition coefficient (Wildman–Crippen LogP) is -0.199. The van der Waals surface area contributed by atoms with Crippen molar-refractivity contribution in [2.24, 2.45) is 0 Å². The maximum atomic E-state index is 11.1. The molecule has 0 unspecified atom stereocenters. The molecule has 19 heavy (non-hydrogen) atoms. The highest BCUT2D eigenvalue weighted by Gasteiger charge is 2.12. The van der Waals surface area contributed by atoms with Crippen molar-refractivity contribution in [3.63, 3.8) is 0 Å². The molecule has 0 aromatic carbocycles. The Morgan fingerprint density at radius 3 is 2.74 bits per heavy atom. The lowest BCUT2D eigenvalue weighted by Crippen LogP contribution is -2.44. The van der Waals surface area contributed by atoms with Gasteiger partial charge in [0.1, 0.15) is 0 Å². The molecule has 0 radical (unpaired) electrons. The number of nitrogens with one attached hydrogen (secondary N) is 1. The number of nitrogens with zero attached hydrogens (tertiary/aromatic N) is 3. The molecular weight excluding hydrogens is 244 g/mol. The average Bonchev–Trinajstić information content (AvgIpc) is 2.47. The lowest BCUT2D eigenvalue weighted by atomic mass is 10.3. The molecule has 1 fully saturated rings. The molecule has 6 nitrogen and oxygen atoms in total. The van der Waals surface area contributed by atoms with E-state index in [4.69, 9.17) is 4.74 Å². The van der Waals surface area contributed by atoms with Crippen molar-refractivity contribution in [2.75, 3.05) is 37.7 Å². The zero-order chi connectivity index (χ0) is 13.5. The van der Waals surface area contributed by atoms with E-state index in [0.29, 0.717) is 18.1 Å². The van der Waals surface area contributed by atoms with Crippen LogP contribution < -0.4 is 10.2 Å². The molecule has 1 aliphatic heterocycles. The maximum Gasteiger partial charge on any atom is 0.384 e. The van der Waals surface area contributed by atoms with Gasteiger partial charge in [-0.15, -0.1) is 0 Å². The van der Waals surface area contributed by atoms with E-state index in [1.54, 1.807) is 19.3 Å². The van der Waals surface area contributed by atoms with Crippen LogP contribution >= 0.6 is 0 Å². The summed E-state index contributed by atoms with van der Waals surface area (Å²) in [6.07, 6.45) is 3.24. The number of anilines is 1. The SMILES string of the molecule is CCOC(=O)C#Cc1cnc(N2CCNCC2)nc1. The Bertz CT molecular complexity index is 484. The Labute approximate surface area is 112 Å². The van der Waals surface area contributed by atoms with Gasteiger partial charge in [0, 0.05) is 44.5 Å². The number of ether oxygens (including phenoxy) is 1. The van der Waals surface area contributed by atoms with Crippen LogP contribution in [0, 0.1) is 11.8 Å². The topological polar surface area (TPSA) is 67.3 Å². The molecule has 0 amide bonds. The summed E-state index contributed by atoms with van der Waals surface area (Å²) in [5.41, 5.74) is 0.604. The number of esters is 1. The van der Waals surface area contributed by atoms with Crippen LogP contribution in [0.3, 0.4) is 0 Å². The van der Waals surface area contributed by atoms with Gasteiger partial charge >= 0.3 is 5.97 Å². The van der Waals surface area contributed by atoms with E-state index in [0.717, 1.165) is 26.2 Å². The van der Waals surface area contributed by atoms with E-state index in [2.05, 4.69) is 32.0 Å². The number of rotatable bonds is 2. The van der Waals surface area contributed by atoms with Crippen LogP contribution in [0.5, 0.6) is 0 Å². The first kappa shape index (κ1) is 13.3. The average molecular weight is 260 g/mol. The first-order valence-corrected chi connectivity index (χ1v) is 6.26. The maximum absolute atomic E-state index is 11.1. The van der Waals surface area contributed by atoms with Gasteiger partial charge in [-0.1, -0.05) is 5.92 Å². The highest BCUT2D eigenvalue weighted by atomic mass is 16.5. The minimum Gasteiger partial charge on any atom is -0.456 e. The van der Waals surface area contributed by atoms with Gasteiger partial charge in [0.05, 0.1) is 12.2 Å². The second-order valence-electron chi connectivity index (χ2n) is 3.98. The van der Waals surface area contributed by atoms with E-state index < -0.39 is 5.97 Å². The molecule has 1 N–H and O–H groups in total. The molecule has 1 aromatic heterocycles. The molecule has 2 rings (SSSR count). The van der Waals surface area contributed by atoms with Gasteiger partial charge in [0.15, 0.2) is 0 Å². The summed E-state index contributed by atoms with van der Waals surface area (Å²) >= 11 is 0. The van der Waals surface area contributed by atoms with Crippen molar-refractivity contribution < 1.29 is 9.53 Å². The second kappa shape index (κ2) is 6.71. The fraction of sp³-hybridized carbons (Fsp3) is 0.462. The summed E-state index contributed by atoms with van der Waals surface area (Å²) < 4.78 is 4.71. The third kappa shape index (κ3) is 3.93. The zero-order valence-electron chi connectivity index (χ0n) is 10.8. The monoisotopic (exact) mass is 260 g/mol. The minimum atomic E-state index is -0.534. The van der Waals surface area contributed by atoms with Crippen molar-refractivity contribution in [3.8, 4) is 11.8 Å². The normalized spacial score (nSPS) is 14.5. The number of aromatic nitrogens is 2. The summed E-state index contributed by atoms with van der Waals surface area (Å²) in [7, 11) is 0. The van der Waals surface area contributed by atoms with Crippen LogP contribution in [0.15, 0.2) is 12.4 Å². The van der Waals surface area contributed by atoms with E-state index in [9.17, 15) is 4.79 Å². The van der Waals surface area contributed by atoms with Gasteiger partial charge in [-0.05, 0) is 6.92 Å². The third-order valence-corrected chi connectivity index (χ3v) is 2.62. The highest BCUT2D eigenvalue weighted by molar-refractivity contribution is 5.89. The van der Waals surface area contributed by atoms with Crippen molar-refractivity contribution in [1.82, 2.24) is 15.3 Å². The molecular formula is C13H16N4O2. The Kier molecular flexibility index (Phi) is 4.70. The van der Waals surface area contributed by atoms with Crippen LogP contribution in [-0.2, 0) is 9.53 Å². The van der Waals surface area contributed by atoms with E-state index >= 15 is 0 Å². The summed E-state index contributed by atoms with van der Waals surface area (Å²) in [4.78, 5) is 21.7. The number of carbonyl (C=O) groups is 1. The van der Waals surface area contributed by atoms with Crippen LogP contribution in [0.4, 0.5) is 5.95 Å². The van der Waals surface area contributed by atoms with Crippen LogP contribution in [-0.4, -0.2) is 48.7 Å². The number of hydrogen-bond acceptors (Lipinski definition) is 6. The first-order valence-electron chi connectivity index (χ1n) is 6.26. The third-order valence-electron chi connectivity index (χ3n) is 2.62. The van der Waals surface area contributed by atoms with Gasteiger partial charge in [-0.2, -0.15) is 0 Å². The fourth-order valence-corrected chi connectivity index (χ4v) is 1.70. The molecule has 0 saturated carbocycles. The van der Waals surface area contributed by atoms with Crippen molar-refractivity contribution in [3.05, 3.63) is 18.0 Å².